The highest BCUT2D eigenvalue weighted by atomic mass is 19.2. The van der Waals surface area contributed by atoms with Crippen LogP contribution in [-0.2, 0) is 6.42 Å². The normalized spacial score (nSPS) is 10.9. The first-order valence-corrected chi connectivity index (χ1v) is 10.0. The molecule has 29 heavy (non-hydrogen) atoms. The quantitative estimate of drug-likeness (QED) is 0.373. The molecule has 3 heteroatoms. The number of hydrogen-bond acceptors (Lipinski definition) is 1. The van der Waals surface area contributed by atoms with Gasteiger partial charge in [-0.3, -0.25) is 0 Å². The van der Waals surface area contributed by atoms with E-state index in [1.165, 1.54) is 5.56 Å². The molecule has 0 saturated heterocycles. The van der Waals surface area contributed by atoms with Crippen LogP contribution in [0, 0.1) is 23.7 Å². The van der Waals surface area contributed by atoms with Crippen molar-refractivity contribution in [2.45, 2.75) is 46.0 Å². The minimum Gasteiger partial charge on any atom is -0.494 e. The highest BCUT2D eigenvalue weighted by molar-refractivity contribution is 5.46. The minimum atomic E-state index is -1.17. The van der Waals surface area contributed by atoms with Crippen LogP contribution in [0.3, 0.4) is 0 Å². The molecular weight excluding hydrogens is 366 g/mol. The standard InChI is InChI=1S/C26H26F2O/c1-3-5-7-21-8-10-22(11-9-21)14-18-25(27)26(28)19-15-23-12-16-24(17-13-23)29-20-6-4-2/h8-13,16-17H,3-7,20H2,1-2H3. The lowest BCUT2D eigenvalue weighted by molar-refractivity contribution is 0.309. The van der Waals surface area contributed by atoms with Gasteiger partial charge >= 0.3 is 0 Å². The smallest absolute Gasteiger partial charge is 0.217 e. The third-order valence-corrected chi connectivity index (χ3v) is 4.22. The monoisotopic (exact) mass is 392 g/mol. The summed E-state index contributed by atoms with van der Waals surface area (Å²) in [7, 11) is 0. The van der Waals surface area contributed by atoms with Crippen molar-refractivity contribution in [1.82, 2.24) is 0 Å². The third-order valence-electron chi connectivity index (χ3n) is 4.22. The summed E-state index contributed by atoms with van der Waals surface area (Å²) in [6, 6.07) is 14.5. The molecule has 0 amide bonds. The van der Waals surface area contributed by atoms with E-state index in [0.717, 1.165) is 37.9 Å². The molecule has 0 aliphatic heterocycles. The van der Waals surface area contributed by atoms with E-state index < -0.39 is 11.7 Å². The van der Waals surface area contributed by atoms with Crippen molar-refractivity contribution in [2.75, 3.05) is 6.61 Å². The maximum atomic E-state index is 13.9. The van der Waals surface area contributed by atoms with Gasteiger partial charge in [0.15, 0.2) is 0 Å². The Morgan fingerprint density at radius 2 is 1.28 bits per heavy atom. The number of halogens is 2. The van der Waals surface area contributed by atoms with Crippen molar-refractivity contribution in [3.05, 3.63) is 76.9 Å². The van der Waals surface area contributed by atoms with Gasteiger partial charge in [0.1, 0.15) is 5.75 Å². The van der Waals surface area contributed by atoms with E-state index in [4.69, 9.17) is 4.74 Å². The first kappa shape index (κ1) is 22.3. The molecule has 0 unspecified atom stereocenters. The van der Waals surface area contributed by atoms with Crippen LogP contribution in [0.2, 0.25) is 0 Å². The topological polar surface area (TPSA) is 9.23 Å². The molecule has 0 aromatic heterocycles. The molecule has 0 aliphatic rings. The fraction of sp³-hybridized carbons (Fsp3) is 0.308. The summed E-state index contributed by atoms with van der Waals surface area (Å²) in [6.45, 7) is 4.90. The number of unbranched alkanes of at least 4 members (excludes halogenated alkanes) is 2. The van der Waals surface area contributed by atoms with Crippen LogP contribution in [0.25, 0.3) is 0 Å². The van der Waals surface area contributed by atoms with Gasteiger partial charge in [0.25, 0.3) is 0 Å². The minimum absolute atomic E-state index is 0.575. The van der Waals surface area contributed by atoms with Crippen molar-refractivity contribution in [2.24, 2.45) is 0 Å². The van der Waals surface area contributed by atoms with Gasteiger partial charge in [-0.05, 0) is 73.1 Å². The van der Waals surface area contributed by atoms with Crippen LogP contribution >= 0.6 is 0 Å². The van der Waals surface area contributed by atoms with Crippen LogP contribution in [0.15, 0.2) is 60.2 Å². The second kappa shape index (κ2) is 12.4. The molecule has 0 bridgehead atoms. The van der Waals surface area contributed by atoms with Crippen LogP contribution in [0.5, 0.6) is 5.75 Å². The largest absolute Gasteiger partial charge is 0.494 e. The van der Waals surface area contributed by atoms with Gasteiger partial charge in [-0.15, -0.1) is 0 Å². The molecule has 0 fully saturated rings. The average Bonchev–Trinajstić information content (AvgIpc) is 2.76. The Labute approximate surface area is 172 Å². The summed E-state index contributed by atoms with van der Waals surface area (Å²) in [6.07, 6.45) is 5.32. The molecule has 0 saturated carbocycles. The summed E-state index contributed by atoms with van der Waals surface area (Å²) in [4.78, 5) is 0. The number of rotatable bonds is 7. The van der Waals surface area contributed by atoms with E-state index in [2.05, 4.69) is 37.5 Å². The third kappa shape index (κ3) is 8.24. The van der Waals surface area contributed by atoms with Gasteiger partial charge in [-0.2, -0.15) is 8.78 Å². The Morgan fingerprint density at radius 3 is 1.79 bits per heavy atom. The van der Waals surface area contributed by atoms with Crippen molar-refractivity contribution in [3.63, 3.8) is 0 Å². The highest BCUT2D eigenvalue weighted by Crippen LogP contribution is 2.13. The molecule has 2 aromatic rings. The first-order chi connectivity index (χ1) is 14.1. The van der Waals surface area contributed by atoms with E-state index in [1.54, 1.807) is 24.3 Å². The van der Waals surface area contributed by atoms with Gasteiger partial charge in [-0.1, -0.05) is 50.7 Å². The Balaban J connectivity index is 1.99. The number of hydrogen-bond donors (Lipinski definition) is 0. The van der Waals surface area contributed by atoms with Crippen molar-refractivity contribution in [1.29, 1.82) is 0 Å². The lowest BCUT2D eigenvalue weighted by atomic mass is 10.1. The molecule has 2 aromatic carbocycles. The fourth-order valence-corrected chi connectivity index (χ4v) is 2.47. The molecular formula is C26H26F2O. The molecule has 2 rings (SSSR count). The van der Waals surface area contributed by atoms with E-state index in [1.807, 2.05) is 24.3 Å². The predicted octanol–water partition coefficient (Wildman–Crippen LogP) is 6.76. The van der Waals surface area contributed by atoms with E-state index >= 15 is 0 Å². The second-order valence-electron chi connectivity index (χ2n) is 6.65. The van der Waals surface area contributed by atoms with Gasteiger partial charge in [-0.25, -0.2) is 0 Å². The molecule has 1 nitrogen and oxygen atoms in total. The summed E-state index contributed by atoms with van der Waals surface area (Å²) in [5, 5.41) is 0. The van der Waals surface area contributed by atoms with Crippen molar-refractivity contribution >= 4 is 0 Å². The van der Waals surface area contributed by atoms with Crippen LogP contribution < -0.4 is 4.74 Å². The van der Waals surface area contributed by atoms with Gasteiger partial charge in [0.2, 0.25) is 11.7 Å². The molecule has 0 N–H and O–H groups in total. The van der Waals surface area contributed by atoms with E-state index in [9.17, 15) is 8.78 Å². The highest BCUT2D eigenvalue weighted by Gasteiger charge is 2.00. The Morgan fingerprint density at radius 1 is 0.759 bits per heavy atom. The second-order valence-corrected chi connectivity index (χ2v) is 6.65. The maximum Gasteiger partial charge on any atom is 0.217 e. The molecule has 0 radical (unpaired) electrons. The van der Waals surface area contributed by atoms with E-state index in [-0.39, 0.29) is 0 Å². The van der Waals surface area contributed by atoms with Gasteiger partial charge < -0.3 is 4.74 Å². The van der Waals surface area contributed by atoms with Gasteiger partial charge in [0, 0.05) is 11.1 Å². The average molecular weight is 392 g/mol. The number of ether oxygens (including phenoxy) is 1. The SMILES string of the molecule is CCCCOc1ccc(C#CC(F)=C(F)C#Cc2ccc(CCCC)cc2)cc1. The first-order valence-electron chi connectivity index (χ1n) is 10.0. The number of allylic oxidation sites excluding steroid dienone is 2. The van der Waals surface area contributed by atoms with Crippen LogP contribution in [0.4, 0.5) is 8.78 Å². The maximum absolute atomic E-state index is 13.9. The fourth-order valence-electron chi connectivity index (χ4n) is 2.47. The zero-order valence-electron chi connectivity index (χ0n) is 17.0. The Bertz CT molecular complexity index is 917. The number of benzene rings is 2. The summed E-state index contributed by atoms with van der Waals surface area (Å²) >= 11 is 0. The summed E-state index contributed by atoms with van der Waals surface area (Å²) in [5.74, 6) is 8.02. The molecule has 150 valence electrons. The summed E-state index contributed by atoms with van der Waals surface area (Å²) < 4.78 is 33.3. The van der Waals surface area contributed by atoms with Crippen molar-refractivity contribution < 1.29 is 13.5 Å². The van der Waals surface area contributed by atoms with Crippen LogP contribution in [0.1, 0.15) is 56.2 Å². The molecule has 0 aliphatic carbocycles. The van der Waals surface area contributed by atoms with Crippen molar-refractivity contribution in [3.8, 4) is 29.4 Å². The Hall–Kier alpha value is -3.04. The molecule has 0 atom stereocenters. The van der Waals surface area contributed by atoms with E-state index in [0.29, 0.717) is 17.7 Å². The lowest BCUT2D eigenvalue weighted by Crippen LogP contribution is -1.95. The van der Waals surface area contributed by atoms with Gasteiger partial charge in [0.05, 0.1) is 6.61 Å². The lowest BCUT2D eigenvalue weighted by Gasteiger charge is -2.04. The Kier molecular flexibility index (Phi) is 9.53. The molecule has 0 heterocycles. The zero-order chi connectivity index (χ0) is 20.9. The van der Waals surface area contributed by atoms with Crippen LogP contribution in [-0.4, -0.2) is 6.61 Å². The zero-order valence-corrected chi connectivity index (χ0v) is 17.0. The molecule has 0 spiro atoms. The predicted molar refractivity (Wildman–Crippen MR) is 115 cm³/mol. The summed E-state index contributed by atoms with van der Waals surface area (Å²) in [5.41, 5.74) is 2.43. The number of aryl methyl sites for hydroxylation is 1.